The summed E-state index contributed by atoms with van der Waals surface area (Å²) in [5.74, 6) is 0. The molecule has 0 aliphatic heterocycles. The summed E-state index contributed by atoms with van der Waals surface area (Å²) in [6, 6.07) is 1.93. The minimum absolute atomic E-state index is 0.352. The third-order valence-corrected chi connectivity index (χ3v) is 5.19. The minimum Gasteiger partial charge on any atom is -0.384 e. The lowest BCUT2D eigenvalue weighted by atomic mass is 10.2. The van der Waals surface area contributed by atoms with Gasteiger partial charge < -0.3 is 10.6 Å². The normalized spacial score (nSPS) is 12.2. The molecule has 0 atom stereocenters. The van der Waals surface area contributed by atoms with Gasteiger partial charge >= 0.3 is 0 Å². The summed E-state index contributed by atoms with van der Waals surface area (Å²) in [5.41, 5.74) is 1.75. The van der Waals surface area contributed by atoms with Gasteiger partial charge in [-0.1, -0.05) is 6.92 Å². The molecule has 0 unspecified atom stereocenters. The molecule has 1 aromatic heterocycles. The van der Waals surface area contributed by atoms with Crippen molar-refractivity contribution in [2.24, 2.45) is 0 Å². The van der Waals surface area contributed by atoms with Crippen LogP contribution >= 0.6 is 0 Å². The van der Waals surface area contributed by atoms with E-state index in [1.165, 1.54) is 6.26 Å². The van der Waals surface area contributed by atoms with E-state index in [0.717, 1.165) is 24.3 Å². The molecule has 0 saturated heterocycles. The van der Waals surface area contributed by atoms with Gasteiger partial charge in [-0.15, -0.1) is 0 Å². The van der Waals surface area contributed by atoms with Crippen LogP contribution in [0.15, 0.2) is 18.5 Å². The Morgan fingerprint density at radius 1 is 1.21 bits per heavy atom. The monoisotopic (exact) mass is 285 g/mol. The second kappa shape index (κ2) is 6.23. The van der Waals surface area contributed by atoms with Crippen molar-refractivity contribution in [3.8, 4) is 0 Å². The van der Waals surface area contributed by atoms with Gasteiger partial charge in [-0.25, -0.2) is 8.42 Å². The maximum absolute atomic E-state index is 11.6. The average Bonchev–Trinajstić information content (AvgIpc) is 2.33. The van der Waals surface area contributed by atoms with E-state index in [9.17, 15) is 8.42 Å². The van der Waals surface area contributed by atoms with Crippen molar-refractivity contribution in [2.45, 2.75) is 31.9 Å². The molecule has 108 valence electrons. The van der Waals surface area contributed by atoms with Crippen LogP contribution in [0, 0.1) is 0 Å². The molecule has 0 aliphatic carbocycles. The standard InChI is InChI=1S/C13H23N3O2S/c1-5-6-15-11-7-12(9-14-8-11)16-10-13(2,3)19(4,17)18/h7-9,15-16H,5-6,10H2,1-4H3. The van der Waals surface area contributed by atoms with Crippen LogP contribution in [0.25, 0.3) is 0 Å². The van der Waals surface area contributed by atoms with Crippen molar-refractivity contribution >= 4 is 21.2 Å². The Hall–Kier alpha value is -1.30. The molecular formula is C13H23N3O2S. The van der Waals surface area contributed by atoms with Gasteiger partial charge in [0.2, 0.25) is 0 Å². The van der Waals surface area contributed by atoms with Crippen LogP contribution in [0.3, 0.4) is 0 Å². The number of rotatable bonds is 7. The zero-order valence-electron chi connectivity index (χ0n) is 12.0. The van der Waals surface area contributed by atoms with E-state index in [2.05, 4.69) is 22.5 Å². The Bertz CT molecular complexity index is 512. The SMILES string of the molecule is CCCNc1cncc(NCC(C)(C)S(C)(=O)=O)c1. The van der Waals surface area contributed by atoms with Crippen molar-refractivity contribution in [2.75, 3.05) is 30.0 Å². The molecule has 1 aromatic rings. The molecule has 0 amide bonds. The first kappa shape index (κ1) is 15.8. The van der Waals surface area contributed by atoms with Gasteiger partial charge in [-0.05, 0) is 26.3 Å². The molecule has 0 aliphatic rings. The lowest BCUT2D eigenvalue weighted by Crippen LogP contribution is -2.38. The maximum atomic E-state index is 11.6. The van der Waals surface area contributed by atoms with Gasteiger partial charge in [-0.2, -0.15) is 0 Å². The van der Waals surface area contributed by atoms with Gasteiger partial charge in [0.1, 0.15) is 0 Å². The van der Waals surface area contributed by atoms with Crippen LogP contribution in [0.5, 0.6) is 0 Å². The highest BCUT2D eigenvalue weighted by Crippen LogP contribution is 2.18. The highest BCUT2D eigenvalue weighted by Gasteiger charge is 2.29. The molecule has 6 heteroatoms. The van der Waals surface area contributed by atoms with Crippen LogP contribution in [0.1, 0.15) is 27.2 Å². The number of anilines is 2. The van der Waals surface area contributed by atoms with E-state index in [0.29, 0.717) is 6.54 Å². The van der Waals surface area contributed by atoms with E-state index in [4.69, 9.17) is 0 Å². The fraction of sp³-hybridized carbons (Fsp3) is 0.615. The summed E-state index contributed by atoms with van der Waals surface area (Å²) < 4.78 is 22.4. The first-order valence-corrected chi connectivity index (χ1v) is 8.28. The van der Waals surface area contributed by atoms with E-state index >= 15 is 0 Å². The number of aromatic nitrogens is 1. The van der Waals surface area contributed by atoms with Crippen LogP contribution < -0.4 is 10.6 Å². The van der Waals surface area contributed by atoms with E-state index in [-0.39, 0.29) is 0 Å². The zero-order chi connectivity index (χ0) is 14.5. The molecule has 0 fully saturated rings. The molecule has 1 heterocycles. The molecule has 0 aromatic carbocycles. The van der Waals surface area contributed by atoms with Crippen LogP contribution in [-0.4, -0.2) is 37.5 Å². The van der Waals surface area contributed by atoms with Crippen molar-refractivity contribution in [3.63, 3.8) is 0 Å². The summed E-state index contributed by atoms with van der Waals surface area (Å²) in [6.07, 6.45) is 5.74. The molecule has 19 heavy (non-hydrogen) atoms. The maximum Gasteiger partial charge on any atom is 0.154 e. The predicted octanol–water partition coefficient (Wildman–Crippen LogP) is 2.14. The van der Waals surface area contributed by atoms with Crippen molar-refractivity contribution in [1.82, 2.24) is 4.98 Å². The molecule has 0 saturated carbocycles. The van der Waals surface area contributed by atoms with Gasteiger partial charge in [0, 0.05) is 19.3 Å². The molecule has 5 nitrogen and oxygen atoms in total. The second-order valence-electron chi connectivity index (χ2n) is 5.27. The first-order chi connectivity index (χ1) is 8.76. The number of hydrogen-bond acceptors (Lipinski definition) is 5. The Morgan fingerprint density at radius 3 is 2.32 bits per heavy atom. The van der Waals surface area contributed by atoms with Crippen LogP contribution in [0.2, 0.25) is 0 Å². The molecule has 0 bridgehead atoms. The highest BCUT2D eigenvalue weighted by molar-refractivity contribution is 7.92. The lowest BCUT2D eigenvalue weighted by Gasteiger charge is -2.23. The topological polar surface area (TPSA) is 71.1 Å². The molecule has 0 radical (unpaired) electrons. The Balaban J connectivity index is 2.68. The summed E-state index contributed by atoms with van der Waals surface area (Å²) in [7, 11) is -3.10. The Kier molecular flexibility index (Phi) is 5.17. The average molecular weight is 285 g/mol. The van der Waals surface area contributed by atoms with Gasteiger partial charge in [0.25, 0.3) is 0 Å². The van der Waals surface area contributed by atoms with Gasteiger partial charge in [0.15, 0.2) is 9.84 Å². The van der Waals surface area contributed by atoms with Crippen LogP contribution in [0.4, 0.5) is 11.4 Å². The molecule has 0 spiro atoms. The molecule has 1 rings (SSSR count). The van der Waals surface area contributed by atoms with Gasteiger partial charge in [0.05, 0.1) is 28.5 Å². The van der Waals surface area contributed by atoms with Crippen LogP contribution in [-0.2, 0) is 9.84 Å². The number of sulfone groups is 1. The third kappa shape index (κ3) is 4.70. The summed E-state index contributed by atoms with van der Waals surface area (Å²) in [4.78, 5) is 4.13. The smallest absolute Gasteiger partial charge is 0.154 e. The van der Waals surface area contributed by atoms with E-state index < -0.39 is 14.6 Å². The molecule has 2 N–H and O–H groups in total. The van der Waals surface area contributed by atoms with Gasteiger partial charge in [-0.3, -0.25) is 4.98 Å². The summed E-state index contributed by atoms with van der Waals surface area (Å²) in [5, 5.41) is 6.37. The second-order valence-corrected chi connectivity index (χ2v) is 7.92. The number of nitrogens with zero attached hydrogens (tertiary/aromatic N) is 1. The summed E-state index contributed by atoms with van der Waals surface area (Å²) in [6.45, 7) is 6.76. The number of hydrogen-bond donors (Lipinski definition) is 2. The van der Waals surface area contributed by atoms with E-state index in [1.807, 2.05) is 6.07 Å². The number of pyridine rings is 1. The van der Waals surface area contributed by atoms with Crippen molar-refractivity contribution in [1.29, 1.82) is 0 Å². The first-order valence-electron chi connectivity index (χ1n) is 6.38. The minimum atomic E-state index is -3.10. The number of nitrogens with one attached hydrogen (secondary N) is 2. The largest absolute Gasteiger partial charge is 0.384 e. The predicted molar refractivity (Wildman–Crippen MR) is 80.4 cm³/mol. The molecular weight excluding hydrogens is 262 g/mol. The zero-order valence-corrected chi connectivity index (χ0v) is 12.8. The fourth-order valence-corrected chi connectivity index (χ4v) is 1.68. The third-order valence-electron chi connectivity index (χ3n) is 3.04. The summed E-state index contributed by atoms with van der Waals surface area (Å²) >= 11 is 0. The van der Waals surface area contributed by atoms with Crippen molar-refractivity contribution < 1.29 is 8.42 Å². The quantitative estimate of drug-likeness (QED) is 0.803. The lowest BCUT2D eigenvalue weighted by molar-refractivity contribution is 0.560. The van der Waals surface area contributed by atoms with Crippen molar-refractivity contribution in [3.05, 3.63) is 18.5 Å². The Morgan fingerprint density at radius 2 is 1.79 bits per heavy atom. The van der Waals surface area contributed by atoms with E-state index in [1.54, 1.807) is 26.2 Å². The Labute approximate surface area is 115 Å². The fourth-order valence-electron chi connectivity index (χ4n) is 1.35. The highest BCUT2D eigenvalue weighted by atomic mass is 32.2.